The largest absolute Gasteiger partial charge is 0.327 e. The van der Waals surface area contributed by atoms with Gasteiger partial charge in [0.2, 0.25) is 5.91 Å². The molecule has 0 aromatic heterocycles. The molecule has 0 radical (unpaired) electrons. The van der Waals surface area contributed by atoms with Gasteiger partial charge in [-0.25, -0.2) is 0 Å². The average molecular weight is 314 g/mol. The zero-order chi connectivity index (χ0) is 14.7. The van der Waals surface area contributed by atoms with Gasteiger partial charge in [-0.15, -0.1) is 12.4 Å². The van der Waals surface area contributed by atoms with Crippen molar-refractivity contribution in [3.63, 3.8) is 0 Å². The minimum Gasteiger partial charge on any atom is -0.327 e. The number of anilines is 1. The van der Waals surface area contributed by atoms with Crippen LogP contribution in [0.4, 0.5) is 11.4 Å². The van der Waals surface area contributed by atoms with Crippen LogP contribution < -0.4 is 11.1 Å². The Morgan fingerprint density at radius 3 is 2.76 bits per heavy atom. The first-order chi connectivity index (χ1) is 9.47. The third-order valence-electron chi connectivity index (χ3n) is 3.87. The molecule has 116 valence electrons. The third-order valence-corrected chi connectivity index (χ3v) is 3.87. The van der Waals surface area contributed by atoms with Crippen LogP contribution in [0.1, 0.15) is 31.2 Å². The number of aryl methyl sites for hydroxylation is 1. The van der Waals surface area contributed by atoms with Gasteiger partial charge in [0.05, 0.1) is 10.6 Å². The first-order valence-electron chi connectivity index (χ1n) is 6.78. The lowest BCUT2D eigenvalue weighted by Gasteiger charge is -2.15. The summed E-state index contributed by atoms with van der Waals surface area (Å²) in [5, 5.41) is 13.5. The Kier molecular flexibility index (Phi) is 6.11. The Morgan fingerprint density at radius 1 is 1.48 bits per heavy atom. The summed E-state index contributed by atoms with van der Waals surface area (Å²) in [7, 11) is 0. The number of hydrogen-bond donors (Lipinski definition) is 2. The number of benzene rings is 1. The summed E-state index contributed by atoms with van der Waals surface area (Å²) in [6, 6.07) is 4.54. The fourth-order valence-corrected chi connectivity index (χ4v) is 2.62. The van der Waals surface area contributed by atoms with Crippen molar-refractivity contribution in [2.45, 2.75) is 38.6 Å². The normalized spacial score (nSPS) is 20.7. The van der Waals surface area contributed by atoms with E-state index in [9.17, 15) is 14.9 Å². The van der Waals surface area contributed by atoms with E-state index in [1.807, 2.05) is 0 Å². The lowest BCUT2D eigenvalue weighted by atomic mass is 10.00. The summed E-state index contributed by atoms with van der Waals surface area (Å²) in [6.45, 7) is 1.81. The molecule has 7 heteroatoms. The standard InChI is InChI=1S/C14H19N3O3.ClH/c1-9-5-6-11(17(19)20)8-13(9)16-14(18)7-10-3-2-4-12(10)15;/h5-6,8,10,12H,2-4,7,15H2,1H3,(H,16,18);1H/t10-,12+;/m0./s1. The first kappa shape index (κ1) is 17.4. The molecule has 1 amide bonds. The second-order valence-corrected chi connectivity index (χ2v) is 5.36. The maximum atomic E-state index is 12.0. The van der Waals surface area contributed by atoms with Gasteiger partial charge in [0.15, 0.2) is 0 Å². The van der Waals surface area contributed by atoms with Crippen molar-refractivity contribution in [2.24, 2.45) is 11.7 Å². The molecule has 0 heterocycles. The van der Waals surface area contributed by atoms with Crippen LogP contribution in [0.3, 0.4) is 0 Å². The van der Waals surface area contributed by atoms with E-state index in [1.165, 1.54) is 12.1 Å². The number of amides is 1. The van der Waals surface area contributed by atoms with Gasteiger partial charge >= 0.3 is 0 Å². The Bertz CT molecular complexity index is 536. The van der Waals surface area contributed by atoms with Crippen LogP contribution in [-0.2, 0) is 4.79 Å². The number of non-ortho nitro benzene ring substituents is 1. The Morgan fingerprint density at radius 2 is 2.19 bits per heavy atom. The van der Waals surface area contributed by atoms with Crippen molar-refractivity contribution in [1.82, 2.24) is 0 Å². The second kappa shape index (κ2) is 7.38. The SMILES string of the molecule is Cc1ccc([N+](=O)[O-])cc1NC(=O)C[C@@H]1CCC[C@H]1N.Cl. The van der Waals surface area contributed by atoms with Gasteiger partial charge in [-0.3, -0.25) is 14.9 Å². The maximum Gasteiger partial charge on any atom is 0.271 e. The van der Waals surface area contributed by atoms with Gasteiger partial charge in [0.1, 0.15) is 0 Å². The van der Waals surface area contributed by atoms with Crippen molar-refractivity contribution >= 4 is 29.7 Å². The summed E-state index contributed by atoms with van der Waals surface area (Å²) < 4.78 is 0. The molecule has 1 aliphatic rings. The molecular weight excluding hydrogens is 294 g/mol. The van der Waals surface area contributed by atoms with Crippen LogP contribution in [0.5, 0.6) is 0 Å². The van der Waals surface area contributed by atoms with E-state index in [0.29, 0.717) is 12.1 Å². The highest BCUT2D eigenvalue weighted by atomic mass is 35.5. The summed E-state index contributed by atoms with van der Waals surface area (Å²) in [5.41, 5.74) is 7.22. The fraction of sp³-hybridized carbons (Fsp3) is 0.500. The molecule has 1 aromatic rings. The number of carbonyl (C=O) groups is 1. The van der Waals surface area contributed by atoms with Gasteiger partial charge in [-0.2, -0.15) is 0 Å². The topological polar surface area (TPSA) is 98.3 Å². The highest BCUT2D eigenvalue weighted by Crippen LogP contribution is 2.28. The monoisotopic (exact) mass is 313 g/mol. The van der Waals surface area contributed by atoms with E-state index < -0.39 is 4.92 Å². The minimum atomic E-state index is -0.470. The Hall–Kier alpha value is -1.66. The van der Waals surface area contributed by atoms with E-state index in [1.54, 1.807) is 13.0 Å². The molecule has 3 N–H and O–H groups in total. The van der Waals surface area contributed by atoms with Crippen LogP contribution in [-0.4, -0.2) is 16.9 Å². The molecule has 0 bridgehead atoms. The van der Waals surface area contributed by atoms with Crippen molar-refractivity contribution in [2.75, 3.05) is 5.32 Å². The number of carbonyl (C=O) groups excluding carboxylic acids is 1. The van der Waals surface area contributed by atoms with Gasteiger partial charge in [-0.1, -0.05) is 12.5 Å². The van der Waals surface area contributed by atoms with E-state index in [0.717, 1.165) is 24.8 Å². The summed E-state index contributed by atoms with van der Waals surface area (Å²) >= 11 is 0. The van der Waals surface area contributed by atoms with E-state index >= 15 is 0 Å². The highest BCUT2D eigenvalue weighted by molar-refractivity contribution is 5.92. The quantitative estimate of drug-likeness (QED) is 0.659. The molecule has 1 saturated carbocycles. The smallest absolute Gasteiger partial charge is 0.271 e. The van der Waals surface area contributed by atoms with Crippen molar-refractivity contribution in [3.05, 3.63) is 33.9 Å². The molecule has 2 atom stereocenters. The zero-order valence-electron chi connectivity index (χ0n) is 11.9. The third kappa shape index (κ3) is 4.41. The number of nitrogens with two attached hydrogens (primary N) is 1. The molecule has 0 unspecified atom stereocenters. The number of rotatable bonds is 4. The van der Waals surface area contributed by atoms with Gasteiger partial charge in [0, 0.05) is 24.6 Å². The number of nitrogens with zero attached hydrogens (tertiary/aromatic N) is 1. The van der Waals surface area contributed by atoms with Crippen LogP contribution in [0, 0.1) is 23.0 Å². The van der Waals surface area contributed by atoms with Crippen molar-refractivity contribution in [3.8, 4) is 0 Å². The molecule has 0 aliphatic heterocycles. The zero-order valence-corrected chi connectivity index (χ0v) is 12.7. The van der Waals surface area contributed by atoms with Crippen LogP contribution in [0.25, 0.3) is 0 Å². The van der Waals surface area contributed by atoms with Crippen molar-refractivity contribution < 1.29 is 9.72 Å². The number of nitro groups is 1. The molecular formula is C14H20ClN3O3. The molecule has 1 aromatic carbocycles. The molecule has 1 fully saturated rings. The molecule has 2 rings (SSSR count). The minimum absolute atomic E-state index is 0. The predicted octanol–water partition coefficient (Wildman–Crippen LogP) is 2.78. The summed E-state index contributed by atoms with van der Waals surface area (Å²) in [6.07, 6.45) is 3.38. The van der Waals surface area contributed by atoms with Crippen molar-refractivity contribution in [1.29, 1.82) is 0 Å². The van der Waals surface area contributed by atoms with E-state index in [2.05, 4.69) is 5.32 Å². The number of halogens is 1. The average Bonchev–Trinajstić information content (AvgIpc) is 2.77. The fourth-order valence-electron chi connectivity index (χ4n) is 2.62. The summed E-state index contributed by atoms with van der Waals surface area (Å²) in [4.78, 5) is 22.3. The molecule has 0 saturated heterocycles. The van der Waals surface area contributed by atoms with E-state index in [-0.39, 0.29) is 36.0 Å². The maximum absolute atomic E-state index is 12.0. The van der Waals surface area contributed by atoms with Crippen LogP contribution >= 0.6 is 12.4 Å². The predicted molar refractivity (Wildman–Crippen MR) is 83.6 cm³/mol. The Balaban J connectivity index is 0.00000220. The van der Waals surface area contributed by atoms with Gasteiger partial charge in [0.25, 0.3) is 5.69 Å². The molecule has 21 heavy (non-hydrogen) atoms. The lowest BCUT2D eigenvalue weighted by Crippen LogP contribution is -2.28. The molecule has 0 spiro atoms. The van der Waals surface area contributed by atoms with Gasteiger partial charge in [-0.05, 0) is 31.2 Å². The number of nitro benzene ring substituents is 1. The molecule has 1 aliphatic carbocycles. The van der Waals surface area contributed by atoms with Crippen LogP contribution in [0.15, 0.2) is 18.2 Å². The van der Waals surface area contributed by atoms with Crippen LogP contribution in [0.2, 0.25) is 0 Å². The lowest BCUT2D eigenvalue weighted by molar-refractivity contribution is -0.384. The number of hydrogen-bond acceptors (Lipinski definition) is 4. The number of nitrogens with one attached hydrogen (secondary N) is 1. The molecule has 6 nitrogen and oxygen atoms in total. The first-order valence-corrected chi connectivity index (χ1v) is 6.78. The van der Waals surface area contributed by atoms with E-state index in [4.69, 9.17) is 5.73 Å². The highest BCUT2D eigenvalue weighted by Gasteiger charge is 2.26. The summed E-state index contributed by atoms with van der Waals surface area (Å²) in [5.74, 6) is 0.0879. The van der Waals surface area contributed by atoms with Gasteiger partial charge < -0.3 is 11.1 Å². The Labute approximate surface area is 129 Å². The second-order valence-electron chi connectivity index (χ2n) is 5.36.